The van der Waals surface area contributed by atoms with Gasteiger partial charge < -0.3 is 14.7 Å². The monoisotopic (exact) mass is 187 g/mol. The summed E-state index contributed by atoms with van der Waals surface area (Å²) in [6.07, 6.45) is -0.898. The third-order valence-corrected chi connectivity index (χ3v) is 2.16. The third kappa shape index (κ3) is 1.65. The predicted molar refractivity (Wildman–Crippen MR) is 44.0 cm³/mol. The molecule has 1 aliphatic heterocycles. The first-order chi connectivity index (χ1) is 5.95. The Kier molecular flexibility index (Phi) is 2.56. The minimum Gasteiger partial charge on any atom is -0.480 e. The van der Waals surface area contributed by atoms with Gasteiger partial charge in [-0.15, -0.1) is 0 Å². The maximum absolute atomic E-state index is 11.1. The van der Waals surface area contributed by atoms with Crippen molar-refractivity contribution in [3.05, 3.63) is 0 Å². The second-order valence-electron chi connectivity index (χ2n) is 3.15. The van der Waals surface area contributed by atoms with Crippen molar-refractivity contribution in [2.75, 3.05) is 0 Å². The summed E-state index contributed by atoms with van der Waals surface area (Å²) in [6.45, 7) is 4.66. The van der Waals surface area contributed by atoms with E-state index in [1.165, 1.54) is 11.8 Å². The molecule has 1 saturated heterocycles. The molecule has 3 atom stereocenters. The number of carboxylic acid groups (broad SMARTS) is 1. The number of ether oxygens (including phenoxy) is 1. The largest absolute Gasteiger partial charge is 0.480 e. The molecule has 1 amide bonds. The Hall–Kier alpha value is -1.10. The summed E-state index contributed by atoms with van der Waals surface area (Å²) in [5.74, 6) is -1.30. The van der Waals surface area contributed by atoms with Crippen LogP contribution >= 0.6 is 0 Å². The number of nitrogens with zero attached hydrogens (tertiary/aromatic N) is 1. The van der Waals surface area contributed by atoms with E-state index in [-0.39, 0.29) is 5.91 Å². The van der Waals surface area contributed by atoms with Gasteiger partial charge in [0.2, 0.25) is 5.91 Å². The molecular formula is C8H13NO4. The number of hydrogen-bond acceptors (Lipinski definition) is 3. The van der Waals surface area contributed by atoms with Crippen molar-refractivity contribution >= 4 is 11.9 Å². The molecular weight excluding hydrogens is 174 g/mol. The van der Waals surface area contributed by atoms with E-state index in [9.17, 15) is 9.59 Å². The van der Waals surface area contributed by atoms with E-state index in [2.05, 4.69) is 0 Å². The van der Waals surface area contributed by atoms with E-state index < -0.39 is 24.3 Å². The van der Waals surface area contributed by atoms with Crippen LogP contribution in [0.25, 0.3) is 0 Å². The normalized spacial score (nSPS) is 33.5. The number of carbonyl (C=O) groups excluding carboxylic acids is 1. The Balaban J connectivity index is 2.89. The molecule has 5 nitrogen and oxygen atoms in total. The van der Waals surface area contributed by atoms with Crippen molar-refractivity contribution in [3.63, 3.8) is 0 Å². The zero-order chi connectivity index (χ0) is 10.2. The Labute approximate surface area is 76.3 Å². The highest BCUT2D eigenvalue weighted by Gasteiger charge is 2.43. The number of carbonyl (C=O) groups is 2. The number of amides is 1. The molecule has 0 saturated carbocycles. The topological polar surface area (TPSA) is 66.8 Å². The quantitative estimate of drug-likeness (QED) is 0.630. The number of hydrogen-bond donors (Lipinski definition) is 1. The molecule has 0 bridgehead atoms. The molecule has 1 heterocycles. The van der Waals surface area contributed by atoms with Gasteiger partial charge in [-0.1, -0.05) is 0 Å². The van der Waals surface area contributed by atoms with E-state index in [1.54, 1.807) is 13.8 Å². The first-order valence-electron chi connectivity index (χ1n) is 4.12. The Morgan fingerprint density at radius 2 is 1.92 bits per heavy atom. The lowest BCUT2D eigenvalue weighted by molar-refractivity contribution is -0.149. The van der Waals surface area contributed by atoms with Crippen LogP contribution in [0.3, 0.4) is 0 Å². The summed E-state index contributed by atoms with van der Waals surface area (Å²) < 4.78 is 5.23. The van der Waals surface area contributed by atoms with Gasteiger partial charge in [-0.3, -0.25) is 4.79 Å². The number of carboxylic acids is 1. The Morgan fingerprint density at radius 1 is 1.38 bits per heavy atom. The summed E-state index contributed by atoms with van der Waals surface area (Å²) in [6, 6.07) is -0.854. The maximum Gasteiger partial charge on any atom is 0.329 e. The average molecular weight is 187 g/mol. The molecule has 1 aliphatic rings. The first-order valence-corrected chi connectivity index (χ1v) is 4.12. The van der Waals surface area contributed by atoms with E-state index >= 15 is 0 Å². The zero-order valence-corrected chi connectivity index (χ0v) is 7.85. The lowest BCUT2D eigenvalue weighted by Crippen LogP contribution is -2.45. The van der Waals surface area contributed by atoms with Crippen molar-refractivity contribution in [2.24, 2.45) is 0 Å². The van der Waals surface area contributed by atoms with Crippen molar-refractivity contribution in [3.8, 4) is 0 Å². The molecule has 0 aromatic rings. The second-order valence-corrected chi connectivity index (χ2v) is 3.15. The van der Waals surface area contributed by atoms with Crippen molar-refractivity contribution in [2.45, 2.75) is 39.1 Å². The van der Waals surface area contributed by atoms with Gasteiger partial charge in [-0.05, 0) is 13.8 Å². The minimum atomic E-state index is -1.02. The molecule has 13 heavy (non-hydrogen) atoms. The van der Waals surface area contributed by atoms with Crippen LogP contribution in [0, 0.1) is 0 Å². The summed E-state index contributed by atoms with van der Waals surface area (Å²) in [7, 11) is 0. The SMILES string of the molecule is CC(=O)N1C(C)OC(C)C1C(=O)O. The molecule has 0 aromatic carbocycles. The molecule has 3 unspecified atom stereocenters. The molecule has 1 rings (SSSR count). The van der Waals surface area contributed by atoms with Crippen molar-refractivity contribution in [1.29, 1.82) is 0 Å². The summed E-state index contributed by atoms with van der Waals surface area (Å²) in [4.78, 5) is 23.1. The van der Waals surface area contributed by atoms with Crippen LogP contribution in [-0.4, -0.2) is 40.3 Å². The highest BCUT2D eigenvalue weighted by Crippen LogP contribution is 2.23. The molecule has 0 aromatic heterocycles. The fourth-order valence-corrected chi connectivity index (χ4v) is 1.67. The summed E-state index contributed by atoms with van der Waals surface area (Å²) >= 11 is 0. The van der Waals surface area contributed by atoms with Gasteiger partial charge in [0.1, 0.15) is 6.23 Å². The maximum atomic E-state index is 11.1. The van der Waals surface area contributed by atoms with Gasteiger partial charge in [-0.2, -0.15) is 0 Å². The summed E-state index contributed by atoms with van der Waals surface area (Å²) in [5, 5.41) is 8.85. The van der Waals surface area contributed by atoms with Crippen LogP contribution < -0.4 is 0 Å². The van der Waals surface area contributed by atoms with Gasteiger partial charge in [0.15, 0.2) is 6.04 Å². The highest BCUT2D eigenvalue weighted by atomic mass is 16.5. The van der Waals surface area contributed by atoms with Gasteiger partial charge in [0, 0.05) is 6.92 Å². The fraction of sp³-hybridized carbons (Fsp3) is 0.750. The number of rotatable bonds is 1. The molecule has 0 spiro atoms. The Morgan fingerprint density at radius 3 is 2.23 bits per heavy atom. The fourth-order valence-electron chi connectivity index (χ4n) is 1.67. The first kappa shape index (κ1) is 9.98. The van der Waals surface area contributed by atoms with Crippen molar-refractivity contribution < 1.29 is 19.4 Å². The second kappa shape index (κ2) is 3.33. The van der Waals surface area contributed by atoms with Crippen molar-refractivity contribution in [1.82, 2.24) is 4.90 Å². The zero-order valence-electron chi connectivity index (χ0n) is 7.85. The van der Waals surface area contributed by atoms with Crippen LogP contribution in [0.2, 0.25) is 0 Å². The van der Waals surface area contributed by atoms with Gasteiger partial charge in [-0.25, -0.2) is 4.79 Å². The molecule has 5 heteroatoms. The lowest BCUT2D eigenvalue weighted by Gasteiger charge is -2.22. The van der Waals surface area contributed by atoms with Crippen LogP contribution in [0.5, 0.6) is 0 Å². The van der Waals surface area contributed by atoms with Gasteiger partial charge >= 0.3 is 5.97 Å². The minimum absolute atomic E-state index is 0.274. The highest BCUT2D eigenvalue weighted by molar-refractivity contribution is 5.83. The standard InChI is InChI=1S/C8H13NO4/c1-4-7(8(11)12)9(5(2)10)6(3)13-4/h4,6-7H,1-3H3,(H,11,12). The lowest BCUT2D eigenvalue weighted by atomic mass is 10.2. The molecule has 0 aliphatic carbocycles. The summed E-state index contributed by atoms with van der Waals surface area (Å²) in [5.41, 5.74) is 0. The van der Waals surface area contributed by atoms with Gasteiger partial charge in [0.25, 0.3) is 0 Å². The molecule has 74 valence electrons. The third-order valence-electron chi connectivity index (χ3n) is 2.16. The molecule has 1 fully saturated rings. The van der Waals surface area contributed by atoms with E-state index in [1.807, 2.05) is 0 Å². The van der Waals surface area contributed by atoms with E-state index in [0.29, 0.717) is 0 Å². The van der Waals surface area contributed by atoms with Gasteiger partial charge in [0.05, 0.1) is 6.10 Å². The Bertz CT molecular complexity index is 216. The predicted octanol–water partition coefficient (Wildman–Crippen LogP) is 0.0528. The van der Waals surface area contributed by atoms with E-state index in [4.69, 9.17) is 9.84 Å². The van der Waals surface area contributed by atoms with Crippen LogP contribution in [0.1, 0.15) is 20.8 Å². The smallest absolute Gasteiger partial charge is 0.329 e. The van der Waals surface area contributed by atoms with Crippen LogP contribution in [-0.2, 0) is 14.3 Å². The van der Waals surface area contributed by atoms with E-state index in [0.717, 1.165) is 0 Å². The average Bonchev–Trinajstić information content (AvgIpc) is 2.24. The molecule has 0 radical (unpaired) electrons. The van der Waals surface area contributed by atoms with Crippen LogP contribution in [0.15, 0.2) is 0 Å². The molecule has 1 N–H and O–H groups in total. The number of aliphatic carboxylic acids is 1. The van der Waals surface area contributed by atoms with Crippen LogP contribution in [0.4, 0.5) is 0 Å².